The first kappa shape index (κ1) is 14.8. The van der Waals surface area contributed by atoms with E-state index in [2.05, 4.69) is 5.16 Å². The highest BCUT2D eigenvalue weighted by atomic mass is 19.1. The highest BCUT2D eigenvalue weighted by Gasteiger charge is 2.14. The van der Waals surface area contributed by atoms with Crippen LogP contribution in [0, 0.1) is 11.6 Å². The van der Waals surface area contributed by atoms with Crippen LogP contribution in [0.15, 0.2) is 47.6 Å². The summed E-state index contributed by atoms with van der Waals surface area (Å²) in [5.41, 5.74) is 6.53. The molecule has 0 aromatic heterocycles. The van der Waals surface area contributed by atoms with Crippen LogP contribution in [-0.2, 0) is 0 Å². The van der Waals surface area contributed by atoms with Crippen LogP contribution >= 0.6 is 0 Å². The van der Waals surface area contributed by atoms with Crippen LogP contribution in [0.2, 0.25) is 0 Å². The third-order valence-corrected chi connectivity index (χ3v) is 3.08. The predicted octanol–water partition coefficient (Wildman–Crippen LogP) is 3.22. The Kier molecular flexibility index (Phi) is 4.37. The van der Waals surface area contributed by atoms with E-state index in [4.69, 9.17) is 10.9 Å². The molecule has 0 spiro atoms. The molecule has 110 valence electrons. The summed E-state index contributed by atoms with van der Waals surface area (Å²) in [5.74, 6) is -1.10. The van der Waals surface area contributed by atoms with Crippen molar-refractivity contribution in [1.29, 1.82) is 0 Å². The van der Waals surface area contributed by atoms with Gasteiger partial charge in [-0.05, 0) is 43.3 Å². The van der Waals surface area contributed by atoms with E-state index in [1.54, 1.807) is 17.0 Å². The van der Waals surface area contributed by atoms with Crippen molar-refractivity contribution in [3.05, 3.63) is 59.7 Å². The molecule has 0 aliphatic rings. The molecule has 0 saturated carbocycles. The van der Waals surface area contributed by atoms with Gasteiger partial charge in [0.2, 0.25) is 0 Å². The molecule has 0 heterocycles. The molecule has 0 aliphatic carbocycles. The predicted molar refractivity (Wildman–Crippen MR) is 78.0 cm³/mol. The quantitative estimate of drug-likeness (QED) is 0.393. The maximum atomic E-state index is 14.2. The second-order valence-electron chi connectivity index (χ2n) is 4.38. The highest BCUT2D eigenvalue weighted by molar-refractivity contribution is 5.97. The molecular weight excluding hydrogens is 276 g/mol. The molecule has 0 aliphatic heterocycles. The third-order valence-electron chi connectivity index (χ3n) is 3.08. The standard InChI is InChI=1S/C15H15F2N3O/c1-2-20(12-5-3-4-11(16)9-12)14-7-6-10(8-13(14)17)15(18)19-21/h3-9,21H,2H2,1H3,(H2,18,19). The lowest BCUT2D eigenvalue weighted by Crippen LogP contribution is -2.19. The van der Waals surface area contributed by atoms with Crippen molar-refractivity contribution in [2.45, 2.75) is 6.92 Å². The summed E-state index contributed by atoms with van der Waals surface area (Å²) in [6, 6.07) is 10.1. The second kappa shape index (κ2) is 6.21. The summed E-state index contributed by atoms with van der Waals surface area (Å²) in [4.78, 5) is 1.63. The molecular formula is C15H15F2N3O. The molecule has 0 bridgehead atoms. The minimum Gasteiger partial charge on any atom is -0.409 e. The normalized spacial score (nSPS) is 11.5. The number of hydrogen-bond acceptors (Lipinski definition) is 3. The monoisotopic (exact) mass is 291 g/mol. The lowest BCUT2D eigenvalue weighted by molar-refractivity contribution is 0.318. The van der Waals surface area contributed by atoms with E-state index < -0.39 is 5.82 Å². The number of halogens is 2. The largest absolute Gasteiger partial charge is 0.409 e. The van der Waals surface area contributed by atoms with E-state index in [0.717, 1.165) is 0 Å². The molecule has 21 heavy (non-hydrogen) atoms. The van der Waals surface area contributed by atoms with Crippen LogP contribution in [0.4, 0.5) is 20.2 Å². The number of benzene rings is 2. The Labute approximate surface area is 121 Å². The number of rotatable bonds is 4. The number of amidine groups is 1. The van der Waals surface area contributed by atoms with Crippen molar-refractivity contribution in [2.75, 3.05) is 11.4 Å². The van der Waals surface area contributed by atoms with Gasteiger partial charge >= 0.3 is 0 Å². The van der Waals surface area contributed by atoms with E-state index in [0.29, 0.717) is 12.2 Å². The first-order valence-corrected chi connectivity index (χ1v) is 6.37. The van der Waals surface area contributed by atoms with Gasteiger partial charge in [-0.3, -0.25) is 0 Å². The van der Waals surface area contributed by atoms with Gasteiger partial charge in [0.25, 0.3) is 0 Å². The molecule has 2 aromatic carbocycles. The van der Waals surface area contributed by atoms with Gasteiger partial charge in [0, 0.05) is 17.8 Å². The number of nitrogens with zero attached hydrogens (tertiary/aromatic N) is 2. The van der Waals surface area contributed by atoms with Crippen molar-refractivity contribution >= 4 is 17.2 Å². The average molecular weight is 291 g/mol. The van der Waals surface area contributed by atoms with Crippen molar-refractivity contribution in [3.63, 3.8) is 0 Å². The van der Waals surface area contributed by atoms with Crippen LogP contribution < -0.4 is 10.6 Å². The second-order valence-corrected chi connectivity index (χ2v) is 4.38. The Morgan fingerprint density at radius 3 is 2.57 bits per heavy atom. The van der Waals surface area contributed by atoms with E-state index in [-0.39, 0.29) is 22.9 Å². The van der Waals surface area contributed by atoms with E-state index in [1.165, 1.54) is 30.3 Å². The van der Waals surface area contributed by atoms with Crippen molar-refractivity contribution in [3.8, 4) is 0 Å². The molecule has 6 heteroatoms. The number of nitrogens with two attached hydrogens (primary N) is 1. The molecule has 0 radical (unpaired) electrons. The van der Waals surface area contributed by atoms with E-state index in [1.807, 2.05) is 6.92 Å². The topological polar surface area (TPSA) is 61.8 Å². The summed E-state index contributed by atoms with van der Waals surface area (Å²) in [6.45, 7) is 2.30. The summed E-state index contributed by atoms with van der Waals surface area (Å²) in [6.07, 6.45) is 0. The average Bonchev–Trinajstić information content (AvgIpc) is 2.49. The molecule has 0 saturated heterocycles. The fourth-order valence-corrected chi connectivity index (χ4v) is 2.08. The molecule has 2 aromatic rings. The highest BCUT2D eigenvalue weighted by Crippen LogP contribution is 2.28. The van der Waals surface area contributed by atoms with Crippen LogP contribution in [0.3, 0.4) is 0 Å². The molecule has 4 nitrogen and oxygen atoms in total. The minimum atomic E-state index is -0.537. The lowest BCUT2D eigenvalue weighted by Gasteiger charge is -2.24. The van der Waals surface area contributed by atoms with Gasteiger partial charge in [-0.2, -0.15) is 0 Å². The summed E-state index contributed by atoms with van der Waals surface area (Å²) in [7, 11) is 0. The third kappa shape index (κ3) is 3.10. The summed E-state index contributed by atoms with van der Waals surface area (Å²) in [5, 5.41) is 11.4. The SMILES string of the molecule is CCN(c1cccc(F)c1)c1ccc(C(N)=NO)cc1F. The fraction of sp³-hybridized carbons (Fsp3) is 0.133. The molecule has 2 rings (SSSR count). The van der Waals surface area contributed by atoms with Crippen LogP contribution in [0.1, 0.15) is 12.5 Å². The zero-order valence-electron chi connectivity index (χ0n) is 11.4. The Morgan fingerprint density at radius 2 is 2.00 bits per heavy atom. The number of hydrogen-bond donors (Lipinski definition) is 2. The summed E-state index contributed by atoms with van der Waals surface area (Å²) < 4.78 is 27.6. The molecule has 0 amide bonds. The van der Waals surface area contributed by atoms with Crippen molar-refractivity contribution < 1.29 is 14.0 Å². The zero-order chi connectivity index (χ0) is 15.4. The maximum absolute atomic E-state index is 14.2. The zero-order valence-corrected chi connectivity index (χ0v) is 11.4. The molecule has 3 N–H and O–H groups in total. The van der Waals surface area contributed by atoms with Gasteiger partial charge < -0.3 is 15.8 Å². The minimum absolute atomic E-state index is 0.172. The van der Waals surface area contributed by atoms with Crippen molar-refractivity contribution in [2.24, 2.45) is 10.9 Å². The summed E-state index contributed by atoms with van der Waals surface area (Å²) >= 11 is 0. The number of oxime groups is 1. The van der Waals surface area contributed by atoms with Gasteiger partial charge in [0.05, 0.1) is 5.69 Å². The first-order valence-electron chi connectivity index (χ1n) is 6.37. The Bertz CT molecular complexity index is 674. The van der Waals surface area contributed by atoms with Gasteiger partial charge in [-0.1, -0.05) is 11.2 Å². The van der Waals surface area contributed by atoms with Gasteiger partial charge in [0.15, 0.2) is 5.84 Å². The first-order chi connectivity index (χ1) is 10.1. The van der Waals surface area contributed by atoms with Crippen LogP contribution in [-0.4, -0.2) is 17.6 Å². The Balaban J connectivity index is 2.44. The van der Waals surface area contributed by atoms with Crippen LogP contribution in [0.25, 0.3) is 0 Å². The fourth-order valence-electron chi connectivity index (χ4n) is 2.08. The molecule has 0 atom stereocenters. The Hall–Kier alpha value is -2.63. The smallest absolute Gasteiger partial charge is 0.170 e. The van der Waals surface area contributed by atoms with Crippen LogP contribution in [0.5, 0.6) is 0 Å². The van der Waals surface area contributed by atoms with E-state index >= 15 is 0 Å². The van der Waals surface area contributed by atoms with Gasteiger partial charge in [-0.25, -0.2) is 8.78 Å². The van der Waals surface area contributed by atoms with Gasteiger partial charge in [-0.15, -0.1) is 0 Å². The Morgan fingerprint density at radius 1 is 1.24 bits per heavy atom. The molecule has 0 unspecified atom stereocenters. The number of anilines is 2. The maximum Gasteiger partial charge on any atom is 0.170 e. The van der Waals surface area contributed by atoms with Crippen molar-refractivity contribution in [1.82, 2.24) is 0 Å². The lowest BCUT2D eigenvalue weighted by atomic mass is 10.1. The van der Waals surface area contributed by atoms with Gasteiger partial charge in [0.1, 0.15) is 11.6 Å². The van der Waals surface area contributed by atoms with E-state index in [9.17, 15) is 8.78 Å². The molecule has 0 fully saturated rings.